The number of hydrogen-bond donors (Lipinski definition) is 0. The summed E-state index contributed by atoms with van der Waals surface area (Å²) in [6, 6.07) is 21.5. The Hall–Kier alpha value is -4.84. The zero-order valence-corrected chi connectivity index (χ0v) is 20.1. The number of carbonyl (C=O) groups is 2. The Labute approximate surface area is 210 Å². The SMILES string of the molecule is C=CC(=O)O/C=C\Oc1ccc(-c2ccc(-c3ccc(O/C=C\OC(=O)C(=C)C)cc3)cc2C)cc1. The van der Waals surface area contributed by atoms with Crippen LogP contribution in [-0.4, -0.2) is 11.9 Å². The van der Waals surface area contributed by atoms with Gasteiger partial charge in [0.25, 0.3) is 0 Å². The molecule has 0 fully saturated rings. The van der Waals surface area contributed by atoms with Crippen molar-refractivity contribution in [3.63, 3.8) is 0 Å². The van der Waals surface area contributed by atoms with Gasteiger partial charge in [-0.15, -0.1) is 0 Å². The molecule has 182 valence electrons. The summed E-state index contributed by atoms with van der Waals surface area (Å²) in [7, 11) is 0. The zero-order chi connectivity index (χ0) is 25.9. The topological polar surface area (TPSA) is 71.1 Å². The van der Waals surface area contributed by atoms with Crippen molar-refractivity contribution >= 4 is 11.9 Å². The number of carbonyl (C=O) groups excluding carboxylic acids is 2. The van der Waals surface area contributed by atoms with Crippen LogP contribution in [0.15, 0.2) is 117 Å². The fourth-order valence-electron chi connectivity index (χ4n) is 3.15. The summed E-state index contributed by atoms with van der Waals surface area (Å²) in [4.78, 5) is 22.3. The summed E-state index contributed by atoms with van der Waals surface area (Å²) < 4.78 is 20.5. The minimum atomic E-state index is -0.552. The molecule has 36 heavy (non-hydrogen) atoms. The largest absolute Gasteiger partial charge is 0.462 e. The molecule has 0 amide bonds. The van der Waals surface area contributed by atoms with Crippen LogP contribution in [-0.2, 0) is 19.1 Å². The molecular weight excluding hydrogens is 456 g/mol. The van der Waals surface area contributed by atoms with Crippen molar-refractivity contribution in [2.24, 2.45) is 0 Å². The molecule has 0 atom stereocenters. The van der Waals surface area contributed by atoms with Gasteiger partial charge < -0.3 is 18.9 Å². The summed E-state index contributed by atoms with van der Waals surface area (Å²) in [5.41, 5.74) is 5.72. The van der Waals surface area contributed by atoms with E-state index >= 15 is 0 Å². The van der Waals surface area contributed by atoms with Crippen molar-refractivity contribution in [1.29, 1.82) is 0 Å². The van der Waals surface area contributed by atoms with Crippen LogP contribution in [0.2, 0.25) is 0 Å². The first-order chi connectivity index (χ1) is 17.4. The van der Waals surface area contributed by atoms with Gasteiger partial charge in [-0.25, -0.2) is 9.59 Å². The highest BCUT2D eigenvalue weighted by atomic mass is 16.5. The second kappa shape index (κ2) is 12.6. The Morgan fingerprint density at radius 1 is 0.722 bits per heavy atom. The van der Waals surface area contributed by atoms with Gasteiger partial charge in [-0.05, 0) is 65.9 Å². The van der Waals surface area contributed by atoms with E-state index in [1.54, 1.807) is 6.92 Å². The van der Waals surface area contributed by atoms with Crippen molar-refractivity contribution in [2.75, 3.05) is 0 Å². The first-order valence-corrected chi connectivity index (χ1v) is 11.0. The van der Waals surface area contributed by atoms with Gasteiger partial charge in [-0.1, -0.05) is 55.6 Å². The van der Waals surface area contributed by atoms with Gasteiger partial charge in [0.15, 0.2) is 0 Å². The van der Waals surface area contributed by atoms with Crippen molar-refractivity contribution in [1.82, 2.24) is 0 Å². The molecule has 0 N–H and O–H groups in total. The van der Waals surface area contributed by atoms with Gasteiger partial charge in [0.1, 0.15) is 36.5 Å². The number of hydrogen-bond acceptors (Lipinski definition) is 6. The van der Waals surface area contributed by atoms with E-state index in [-0.39, 0.29) is 0 Å². The van der Waals surface area contributed by atoms with Crippen LogP contribution in [0.1, 0.15) is 12.5 Å². The Bertz CT molecular complexity index is 1300. The van der Waals surface area contributed by atoms with Crippen molar-refractivity contribution in [2.45, 2.75) is 13.8 Å². The molecular formula is C30H26O6. The van der Waals surface area contributed by atoms with Crippen molar-refractivity contribution in [3.8, 4) is 33.8 Å². The Morgan fingerprint density at radius 3 is 1.78 bits per heavy atom. The highest BCUT2D eigenvalue weighted by Crippen LogP contribution is 2.30. The lowest BCUT2D eigenvalue weighted by Gasteiger charge is -2.10. The second-order valence-electron chi connectivity index (χ2n) is 7.69. The molecule has 3 rings (SSSR count). The number of benzene rings is 3. The maximum Gasteiger partial charge on any atom is 0.338 e. The molecule has 0 radical (unpaired) electrons. The normalized spacial score (nSPS) is 10.7. The van der Waals surface area contributed by atoms with Crippen LogP contribution in [0.4, 0.5) is 0 Å². The highest BCUT2D eigenvalue weighted by Gasteiger charge is 2.06. The molecule has 0 aliphatic carbocycles. The quantitative estimate of drug-likeness (QED) is 0.178. The van der Waals surface area contributed by atoms with Crippen molar-refractivity contribution < 1.29 is 28.5 Å². The molecule has 0 spiro atoms. The van der Waals surface area contributed by atoms with Crippen LogP contribution in [0.5, 0.6) is 11.5 Å². The predicted molar refractivity (Wildman–Crippen MR) is 139 cm³/mol. The number of rotatable bonds is 10. The number of esters is 2. The average Bonchev–Trinajstić information content (AvgIpc) is 2.89. The van der Waals surface area contributed by atoms with Gasteiger partial charge in [0.05, 0.1) is 0 Å². The highest BCUT2D eigenvalue weighted by molar-refractivity contribution is 5.87. The lowest BCUT2D eigenvalue weighted by atomic mass is 9.96. The van der Waals surface area contributed by atoms with E-state index in [9.17, 15) is 9.59 Å². The van der Waals surface area contributed by atoms with Crippen LogP contribution in [0.3, 0.4) is 0 Å². The summed E-state index contributed by atoms with van der Waals surface area (Å²) in [6.07, 6.45) is 6.02. The van der Waals surface area contributed by atoms with E-state index in [1.165, 1.54) is 18.8 Å². The first kappa shape index (κ1) is 25.8. The molecule has 0 bridgehead atoms. The van der Waals surface area contributed by atoms with Crippen LogP contribution in [0, 0.1) is 6.92 Å². The minimum absolute atomic E-state index is 0.314. The Morgan fingerprint density at radius 2 is 1.25 bits per heavy atom. The molecule has 0 aliphatic heterocycles. The van der Waals surface area contributed by atoms with E-state index in [0.717, 1.165) is 40.2 Å². The summed E-state index contributed by atoms with van der Waals surface area (Å²) in [6.45, 7) is 10.5. The monoisotopic (exact) mass is 482 g/mol. The van der Waals surface area contributed by atoms with Crippen LogP contribution >= 0.6 is 0 Å². The van der Waals surface area contributed by atoms with E-state index in [1.807, 2.05) is 48.5 Å². The van der Waals surface area contributed by atoms with Gasteiger partial charge in [-0.2, -0.15) is 0 Å². The zero-order valence-electron chi connectivity index (χ0n) is 20.1. The maximum atomic E-state index is 11.3. The lowest BCUT2D eigenvalue weighted by molar-refractivity contribution is -0.134. The minimum Gasteiger partial charge on any atom is -0.462 e. The van der Waals surface area contributed by atoms with E-state index in [0.29, 0.717) is 17.1 Å². The third-order valence-corrected chi connectivity index (χ3v) is 4.97. The molecule has 0 unspecified atom stereocenters. The maximum absolute atomic E-state index is 11.3. The van der Waals surface area contributed by atoms with Gasteiger partial charge in [0.2, 0.25) is 0 Å². The van der Waals surface area contributed by atoms with Crippen LogP contribution < -0.4 is 9.47 Å². The van der Waals surface area contributed by atoms with E-state index in [4.69, 9.17) is 18.9 Å². The molecule has 0 saturated heterocycles. The molecule has 3 aromatic carbocycles. The third kappa shape index (κ3) is 7.33. The number of aryl methyl sites for hydroxylation is 1. The lowest BCUT2D eigenvalue weighted by Crippen LogP contribution is -1.99. The Kier molecular flexibility index (Phi) is 9.00. The van der Waals surface area contributed by atoms with E-state index in [2.05, 4.69) is 38.3 Å². The predicted octanol–water partition coefficient (Wildman–Crippen LogP) is 6.88. The van der Waals surface area contributed by atoms with Gasteiger partial charge >= 0.3 is 11.9 Å². The van der Waals surface area contributed by atoms with E-state index < -0.39 is 11.9 Å². The molecule has 0 saturated carbocycles. The number of ether oxygens (including phenoxy) is 4. The molecule has 6 heteroatoms. The second-order valence-corrected chi connectivity index (χ2v) is 7.69. The third-order valence-electron chi connectivity index (χ3n) is 4.97. The summed E-state index contributed by atoms with van der Waals surface area (Å²) in [5.74, 6) is 0.175. The molecule has 0 aliphatic rings. The standard InChI is InChI=1S/C30H26O6/c1-5-29(31)35-18-16-33-27-13-8-24(9-14-27)28-15-10-25(20-22(28)4)23-6-11-26(12-7-23)34-17-19-36-30(32)21(2)3/h5-20H,1-2H2,3-4H3/b18-16-,19-17-. The smallest absolute Gasteiger partial charge is 0.338 e. The van der Waals surface area contributed by atoms with Crippen molar-refractivity contribution in [3.05, 3.63) is 122 Å². The first-order valence-electron chi connectivity index (χ1n) is 11.0. The Balaban J connectivity index is 1.62. The van der Waals surface area contributed by atoms with Gasteiger partial charge in [0, 0.05) is 11.6 Å². The molecule has 0 heterocycles. The molecule has 0 aromatic heterocycles. The molecule has 3 aromatic rings. The molecule has 6 nitrogen and oxygen atoms in total. The fraction of sp³-hybridized carbons (Fsp3) is 0.0667. The summed E-state index contributed by atoms with van der Waals surface area (Å²) in [5, 5.41) is 0. The average molecular weight is 483 g/mol. The summed E-state index contributed by atoms with van der Waals surface area (Å²) >= 11 is 0. The van der Waals surface area contributed by atoms with Crippen LogP contribution in [0.25, 0.3) is 22.3 Å². The van der Waals surface area contributed by atoms with Gasteiger partial charge in [-0.3, -0.25) is 0 Å². The fourth-order valence-corrected chi connectivity index (χ4v) is 3.15.